The van der Waals surface area contributed by atoms with Crippen LogP contribution < -0.4 is 0 Å². The van der Waals surface area contributed by atoms with Gasteiger partial charge in [0.2, 0.25) is 11.8 Å². The van der Waals surface area contributed by atoms with Gasteiger partial charge in [-0.1, -0.05) is 12.8 Å². The normalized spacial score (nSPS) is 18.9. The molecule has 1 saturated heterocycles. The van der Waals surface area contributed by atoms with Gasteiger partial charge in [0, 0.05) is 37.0 Å². The monoisotopic (exact) mass is 350 g/mol. The number of hydrogen-bond acceptors (Lipinski definition) is 3. The number of amides is 2. The summed E-state index contributed by atoms with van der Waals surface area (Å²) in [6, 6.07) is 6.18. The van der Waals surface area contributed by atoms with Crippen molar-refractivity contribution in [2.75, 3.05) is 31.9 Å². The SMILES string of the molecule is O=C(CSc1ccc(F)cc1)N1CCN(C(=O)C2CCCC2)CC1. The fourth-order valence-corrected chi connectivity index (χ4v) is 4.18. The van der Waals surface area contributed by atoms with Crippen molar-refractivity contribution >= 4 is 23.6 Å². The number of rotatable bonds is 4. The van der Waals surface area contributed by atoms with E-state index in [9.17, 15) is 14.0 Å². The topological polar surface area (TPSA) is 40.6 Å². The predicted molar refractivity (Wildman–Crippen MR) is 92.2 cm³/mol. The van der Waals surface area contributed by atoms with E-state index < -0.39 is 0 Å². The largest absolute Gasteiger partial charge is 0.339 e. The lowest BCUT2D eigenvalue weighted by Gasteiger charge is -2.36. The first-order chi connectivity index (χ1) is 11.6. The molecular weight excluding hydrogens is 327 g/mol. The van der Waals surface area contributed by atoms with Crippen LogP contribution in [-0.2, 0) is 9.59 Å². The molecular formula is C18H23FN2O2S. The van der Waals surface area contributed by atoms with Gasteiger partial charge in [-0.3, -0.25) is 9.59 Å². The second-order valence-corrected chi connectivity index (χ2v) is 7.48. The summed E-state index contributed by atoms with van der Waals surface area (Å²) in [5.74, 6) is 0.648. The Morgan fingerprint density at radius 1 is 1.00 bits per heavy atom. The Kier molecular flexibility index (Phi) is 5.76. The highest BCUT2D eigenvalue weighted by Crippen LogP contribution is 2.27. The molecule has 1 aliphatic carbocycles. The number of carbonyl (C=O) groups is 2. The zero-order chi connectivity index (χ0) is 16.9. The van der Waals surface area contributed by atoms with Crippen LogP contribution in [-0.4, -0.2) is 53.5 Å². The lowest BCUT2D eigenvalue weighted by molar-refractivity contribution is -0.141. The van der Waals surface area contributed by atoms with Gasteiger partial charge >= 0.3 is 0 Å². The summed E-state index contributed by atoms with van der Waals surface area (Å²) in [7, 11) is 0. The highest BCUT2D eigenvalue weighted by Gasteiger charge is 2.30. The molecule has 0 N–H and O–H groups in total. The summed E-state index contributed by atoms with van der Waals surface area (Å²) in [5, 5.41) is 0. The Balaban J connectivity index is 1.43. The van der Waals surface area contributed by atoms with E-state index in [1.54, 1.807) is 12.1 Å². The third-order valence-corrected chi connectivity index (χ3v) is 5.82. The van der Waals surface area contributed by atoms with Crippen molar-refractivity contribution in [2.45, 2.75) is 30.6 Å². The molecule has 1 aromatic rings. The highest BCUT2D eigenvalue weighted by atomic mass is 32.2. The molecule has 0 radical (unpaired) electrons. The van der Waals surface area contributed by atoms with Crippen LogP contribution >= 0.6 is 11.8 Å². The van der Waals surface area contributed by atoms with Crippen molar-refractivity contribution in [3.8, 4) is 0 Å². The smallest absolute Gasteiger partial charge is 0.233 e. The average Bonchev–Trinajstić information content (AvgIpc) is 3.15. The van der Waals surface area contributed by atoms with Gasteiger partial charge in [0.05, 0.1) is 5.75 Å². The average molecular weight is 350 g/mol. The third-order valence-electron chi connectivity index (χ3n) is 4.82. The lowest BCUT2D eigenvalue weighted by atomic mass is 10.1. The number of nitrogens with zero attached hydrogens (tertiary/aromatic N) is 2. The van der Waals surface area contributed by atoms with Gasteiger partial charge < -0.3 is 9.80 Å². The number of thioether (sulfide) groups is 1. The van der Waals surface area contributed by atoms with E-state index in [4.69, 9.17) is 0 Å². The molecule has 0 unspecified atom stereocenters. The van der Waals surface area contributed by atoms with E-state index in [0.717, 1.165) is 30.6 Å². The maximum absolute atomic E-state index is 12.9. The van der Waals surface area contributed by atoms with Gasteiger partial charge in [-0.05, 0) is 37.1 Å². The van der Waals surface area contributed by atoms with Crippen LogP contribution in [0.3, 0.4) is 0 Å². The van der Waals surface area contributed by atoms with Gasteiger partial charge in [0.25, 0.3) is 0 Å². The fraction of sp³-hybridized carbons (Fsp3) is 0.556. The molecule has 2 aliphatic rings. The molecule has 1 heterocycles. The van der Waals surface area contributed by atoms with E-state index in [2.05, 4.69) is 0 Å². The molecule has 1 aromatic carbocycles. The fourth-order valence-electron chi connectivity index (χ4n) is 3.37. The van der Waals surface area contributed by atoms with Crippen LogP contribution in [0.4, 0.5) is 4.39 Å². The summed E-state index contributed by atoms with van der Waals surface area (Å²) in [6.07, 6.45) is 4.36. The van der Waals surface area contributed by atoms with Crippen LogP contribution in [0.2, 0.25) is 0 Å². The molecule has 2 fully saturated rings. The molecule has 6 heteroatoms. The molecule has 0 bridgehead atoms. The Bertz CT molecular complexity index is 579. The summed E-state index contributed by atoms with van der Waals surface area (Å²) in [4.78, 5) is 29.3. The molecule has 0 aromatic heterocycles. The first-order valence-corrected chi connectivity index (χ1v) is 9.57. The number of piperazine rings is 1. The third kappa shape index (κ3) is 4.29. The molecule has 4 nitrogen and oxygen atoms in total. The Hall–Kier alpha value is -1.56. The predicted octanol–water partition coefficient (Wildman–Crippen LogP) is 2.78. The first-order valence-electron chi connectivity index (χ1n) is 8.58. The van der Waals surface area contributed by atoms with E-state index >= 15 is 0 Å². The molecule has 24 heavy (non-hydrogen) atoms. The molecule has 3 rings (SSSR count). The zero-order valence-corrected chi connectivity index (χ0v) is 14.6. The van der Waals surface area contributed by atoms with Crippen LogP contribution in [0.15, 0.2) is 29.2 Å². The maximum atomic E-state index is 12.9. The van der Waals surface area contributed by atoms with Crippen molar-refractivity contribution < 1.29 is 14.0 Å². The second-order valence-electron chi connectivity index (χ2n) is 6.43. The van der Waals surface area contributed by atoms with Crippen molar-refractivity contribution in [3.63, 3.8) is 0 Å². The van der Waals surface area contributed by atoms with E-state index in [0.29, 0.717) is 31.9 Å². The number of benzene rings is 1. The molecule has 130 valence electrons. The van der Waals surface area contributed by atoms with Crippen molar-refractivity contribution in [1.29, 1.82) is 0 Å². The number of halogens is 1. The number of hydrogen-bond donors (Lipinski definition) is 0. The van der Waals surface area contributed by atoms with E-state index in [1.165, 1.54) is 23.9 Å². The van der Waals surface area contributed by atoms with Gasteiger partial charge in [-0.15, -0.1) is 11.8 Å². The Morgan fingerprint density at radius 2 is 1.58 bits per heavy atom. The minimum Gasteiger partial charge on any atom is -0.339 e. The number of carbonyl (C=O) groups excluding carboxylic acids is 2. The molecule has 1 saturated carbocycles. The maximum Gasteiger partial charge on any atom is 0.233 e. The Labute approximate surface area is 146 Å². The lowest BCUT2D eigenvalue weighted by Crippen LogP contribution is -2.52. The van der Waals surface area contributed by atoms with E-state index in [1.807, 2.05) is 9.80 Å². The summed E-state index contributed by atoms with van der Waals surface area (Å²) >= 11 is 1.42. The van der Waals surface area contributed by atoms with E-state index in [-0.39, 0.29) is 23.5 Å². The van der Waals surface area contributed by atoms with Crippen LogP contribution in [0.5, 0.6) is 0 Å². The highest BCUT2D eigenvalue weighted by molar-refractivity contribution is 8.00. The minimum atomic E-state index is -0.270. The quantitative estimate of drug-likeness (QED) is 0.784. The van der Waals surface area contributed by atoms with Gasteiger partial charge in [0.1, 0.15) is 5.82 Å². The van der Waals surface area contributed by atoms with Gasteiger partial charge in [-0.25, -0.2) is 4.39 Å². The summed E-state index contributed by atoms with van der Waals surface area (Å²) in [5.41, 5.74) is 0. The second kappa shape index (κ2) is 8.01. The van der Waals surface area contributed by atoms with Crippen molar-refractivity contribution in [3.05, 3.63) is 30.1 Å². The Morgan fingerprint density at radius 3 is 2.21 bits per heavy atom. The first kappa shape index (κ1) is 17.3. The zero-order valence-electron chi connectivity index (χ0n) is 13.7. The molecule has 0 spiro atoms. The van der Waals surface area contributed by atoms with Crippen LogP contribution in [0.25, 0.3) is 0 Å². The molecule has 1 aliphatic heterocycles. The molecule has 0 atom stereocenters. The summed E-state index contributed by atoms with van der Waals surface area (Å²) in [6.45, 7) is 2.51. The van der Waals surface area contributed by atoms with Gasteiger partial charge in [-0.2, -0.15) is 0 Å². The van der Waals surface area contributed by atoms with Crippen LogP contribution in [0.1, 0.15) is 25.7 Å². The van der Waals surface area contributed by atoms with Crippen LogP contribution in [0, 0.1) is 11.7 Å². The molecule has 2 amide bonds. The standard InChI is InChI=1S/C18H23FN2O2S/c19-15-5-7-16(8-6-15)24-13-17(22)20-9-11-21(12-10-20)18(23)14-3-1-2-4-14/h5-8,14H,1-4,9-13H2. The van der Waals surface area contributed by atoms with Crippen molar-refractivity contribution in [1.82, 2.24) is 9.80 Å². The summed E-state index contributed by atoms with van der Waals surface area (Å²) < 4.78 is 12.9. The minimum absolute atomic E-state index is 0.0808. The van der Waals surface area contributed by atoms with Gasteiger partial charge in [0.15, 0.2) is 0 Å². The van der Waals surface area contributed by atoms with Crippen molar-refractivity contribution in [2.24, 2.45) is 5.92 Å².